The molecular formula is C55H30F12N4O10. The molecule has 0 fully saturated rings. The van der Waals surface area contributed by atoms with Crippen molar-refractivity contribution in [1.82, 2.24) is 4.90 Å². The van der Waals surface area contributed by atoms with Gasteiger partial charge in [-0.1, -0.05) is 36.4 Å². The highest BCUT2D eigenvalue weighted by atomic mass is 19.4. The lowest BCUT2D eigenvalue weighted by Gasteiger charge is -2.40. The zero-order chi connectivity index (χ0) is 59.1. The van der Waals surface area contributed by atoms with Crippen LogP contribution in [0.15, 0.2) is 114 Å². The van der Waals surface area contributed by atoms with Crippen LogP contribution in [0.25, 0.3) is 0 Å². The number of fused-ring (bicyclic) bond motifs is 7. The number of benzene rings is 5. The third-order valence-corrected chi connectivity index (χ3v) is 15.2. The minimum absolute atomic E-state index is 0.0323. The molecule has 26 heteroatoms. The van der Waals surface area contributed by atoms with Gasteiger partial charge in [-0.05, 0) is 115 Å². The van der Waals surface area contributed by atoms with Crippen LogP contribution in [0.5, 0.6) is 5.75 Å². The van der Waals surface area contributed by atoms with Gasteiger partial charge in [0.1, 0.15) is 0 Å². The maximum Gasteiger partial charge on any atom is 0.411 e. The maximum absolute atomic E-state index is 15.7. The van der Waals surface area contributed by atoms with Gasteiger partial charge in [0.15, 0.2) is 5.75 Å². The number of carbonyl (C=O) groups is 8. The van der Waals surface area contributed by atoms with E-state index in [4.69, 9.17) is 4.74 Å². The number of hydrogen-bond acceptors (Lipinski definition) is 9. The van der Waals surface area contributed by atoms with Crippen molar-refractivity contribution in [2.24, 2.45) is 5.92 Å². The predicted molar refractivity (Wildman–Crippen MR) is 255 cm³/mol. The number of anilines is 3. The highest BCUT2D eigenvalue weighted by molar-refractivity contribution is 6.36. The molecule has 5 heterocycles. The second-order valence-corrected chi connectivity index (χ2v) is 19.7. The molecule has 0 spiro atoms. The summed E-state index contributed by atoms with van der Waals surface area (Å²) in [5.41, 5.74) is -22.8. The molecule has 0 saturated heterocycles. The molecule has 1 atom stereocenters. The van der Waals surface area contributed by atoms with Crippen LogP contribution in [-0.4, -0.2) is 89.1 Å². The molecule has 0 saturated carbocycles. The number of alkyl halides is 12. The van der Waals surface area contributed by atoms with Gasteiger partial charge in [-0.2, -0.15) is 52.7 Å². The van der Waals surface area contributed by atoms with E-state index >= 15 is 52.7 Å². The van der Waals surface area contributed by atoms with Crippen molar-refractivity contribution >= 4 is 64.4 Å². The van der Waals surface area contributed by atoms with Gasteiger partial charge in [-0.3, -0.25) is 38.5 Å². The minimum Gasteiger partial charge on any atom is -0.478 e. The summed E-state index contributed by atoms with van der Waals surface area (Å²) in [5, 5.41) is 9.55. The molecule has 5 aromatic carbocycles. The van der Waals surface area contributed by atoms with Crippen LogP contribution in [0, 0.1) is 26.7 Å². The van der Waals surface area contributed by atoms with Gasteiger partial charge in [0.2, 0.25) is 22.6 Å². The molecule has 1 N–H and O–H groups in total. The number of amides is 7. The predicted octanol–water partition coefficient (Wildman–Crippen LogP) is 10.7. The Morgan fingerprint density at radius 2 is 0.975 bits per heavy atom. The first-order valence-electron chi connectivity index (χ1n) is 23.6. The summed E-state index contributed by atoms with van der Waals surface area (Å²) in [4.78, 5) is 110. The number of carboxylic acid groups (broad SMARTS) is 1. The van der Waals surface area contributed by atoms with E-state index in [0.717, 1.165) is 30.2 Å². The van der Waals surface area contributed by atoms with E-state index in [1.807, 2.05) is 0 Å². The number of rotatable bonds is 7. The topological polar surface area (TPSA) is 179 Å². The molecule has 6 aliphatic rings. The van der Waals surface area contributed by atoms with E-state index in [0.29, 0.717) is 63.2 Å². The molecule has 414 valence electrons. The Morgan fingerprint density at radius 1 is 0.519 bits per heavy atom. The monoisotopic (exact) mass is 1130 g/mol. The number of nitrogens with zero attached hydrogens (tertiary/aromatic N) is 4. The zero-order valence-electron chi connectivity index (χ0n) is 41.3. The third-order valence-electron chi connectivity index (χ3n) is 15.2. The average molecular weight is 1130 g/mol. The van der Waals surface area contributed by atoms with E-state index in [-0.39, 0.29) is 57.6 Å². The van der Waals surface area contributed by atoms with Crippen LogP contribution in [-0.2, 0) is 15.6 Å². The van der Waals surface area contributed by atoms with Gasteiger partial charge >= 0.3 is 30.7 Å². The van der Waals surface area contributed by atoms with Crippen LogP contribution in [0.2, 0.25) is 0 Å². The van der Waals surface area contributed by atoms with Crippen molar-refractivity contribution in [1.29, 1.82) is 0 Å². The fourth-order valence-corrected chi connectivity index (χ4v) is 11.6. The molecule has 5 aliphatic heterocycles. The highest BCUT2D eigenvalue weighted by Crippen LogP contribution is 2.61. The second-order valence-electron chi connectivity index (χ2n) is 19.7. The molecule has 81 heavy (non-hydrogen) atoms. The number of halogens is 12. The van der Waals surface area contributed by atoms with Crippen molar-refractivity contribution < 1.29 is 101 Å². The Hall–Kier alpha value is -9.36. The molecular weight excluding hydrogens is 1100 g/mol. The smallest absolute Gasteiger partial charge is 0.411 e. The number of hydrogen-bond donors (Lipinski definition) is 1. The Balaban J connectivity index is 0.962. The quantitative estimate of drug-likeness (QED) is 0.122. The Bertz CT molecular complexity index is 3950. The van der Waals surface area contributed by atoms with Crippen LogP contribution >= 0.6 is 0 Å². The normalized spacial score (nSPS) is 18.0. The standard InChI is InChI=1S/C55H30F12N4O10/c1-21-13-24(49(79)80)16-29(14-21)69-43(74)31-10-6-26(18-35(31)45(69)76)51(54(62,63)64,55(65,66)67)27-7-11-32-36(19-27)46(77)70(44(32)75)39-22(2)15-38-40(23(39)3)71-47(78)37-20-28(8-12-33(37)48(71)81-38)50(52(56,57)58,53(59,60)61)25-5-9-30-34(17-25)42(73)68(4)41(30)72/h5-20,37H,1-4H3,(H,79,80). The second kappa shape index (κ2) is 16.8. The summed E-state index contributed by atoms with van der Waals surface area (Å²) < 4.78 is 192. The number of aryl methyl sites for hydroxylation is 2. The van der Waals surface area contributed by atoms with Gasteiger partial charge in [-0.15, -0.1) is 0 Å². The number of allylic oxidation sites excluding steroid dienone is 3. The number of carbonyl (C=O) groups excluding carboxylic acids is 7. The average Bonchev–Trinajstić information content (AvgIpc) is 4.32. The van der Waals surface area contributed by atoms with Gasteiger partial charge in [0.05, 0.1) is 61.9 Å². The number of ether oxygens (including phenoxy) is 1. The third kappa shape index (κ3) is 6.96. The molecule has 0 aromatic heterocycles. The van der Waals surface area contributed by atoms with Gasteiger partial charge in [0.25, 0.3) is 35.4 Å². The van der Waals surface area contributed by atoms with Gasteiger partial charge in [-0.25, -0.2) is 19.5 Å². The van der Waals surface area contributed by atoms with Crippen molar-refractivity contribution in [3.8, 4) is 5.75 Å². The molecule has 5 aromatic rings. The van der Waals surface area contributed by atoms with Crippen molar-refractivity contribution in [3.63, 3.8) is 0 Å². The first-order chi connectivity index (χ1) is 37.6. The summed E-state index contributed by atoms with van der Waals surface area (Å²) in [5.74, 6) is -12.9. The zero-order valence-corrected chi connectivity index (χ0v) is 41.3. The van der Waals surface area contributed by atoms with Crippen molar-refractivity contribution in [3.05, 3.63) is 186 Å². The fourth-order valence-electron chi connectivity index (χ4n) is 11.6. The Kier molecular flexibility index (Phi) is 11.1. The van der Waals surface area contributed by atoms with Gasteiger partial charge in [0, 0.05) is 18.2 Å². The van der Waals surface area contributed by atoms with Crippen LogP contribution in [0.3, 0.4) is 0 Å². The van der Waals surface area contributed by atoms with Crippen molar-refractivity contribution in [2.75, 3.05) is 21.7 Å². The first kappa shape index (κ1) is 53.6. The number of imide groups is 3. The molecule has 7 amide bonds. The lowest BCUT2D eigenvalue weighted by molar-refractivity contribution is -0.290. The summed E-state index contributed by atoms with van der Waals surface area (Å²) in [6.07, 6.45) is -23.6. The fraction of sp³-hybridized carbons (Fsp3) is 0.200. The van der Waals surface area contributed by atoms with Crippen molar-refractivity contribution in [2.45, 2.75) is 56.3 Å². The van der Waals surface area contributed by atoms with Crippen LogP contribution in [0.1, 0.15) is 106 Å². The summed E-state index contributed by atoms with van der Waals surface area (Å²) in [6, 6.07) is 7.77. The first-order valence-corrected chi connectivity index (χ1v) is 23.6. The van der Waals surface area contributed by atoms with E-state index in [2.05, 4.69) is 0 Å². The van der Waals surface area contributed by atoms with Crippen LogP contribution < -0.4 is 19.4 Å². The van der Waals surface area contributed by atoms with E-state index in [9.17, 15) is 43.5 Å². The summed E-state index contributed by atoms with van der Waals surface area (Å²) in [6.45, 7) is 3.88. The molecule has 1 unspecified atom stereocenters. The van der Waals surface area contributed by atoms with E-state index < -0.39 is 162 Å². The molecule has 1 aliphatic carbocycles. The van der Waals surface area contributed by atoms with Crippen LogP contribution in [0.4, 0.5) is 69.7 Å². The van der Waals surface area contributed by atoms with E-state index in [1.165, 1.54) is 32.9 Å². The lowest BCUT2D eigenvalue weighted by Crippen LogP contribution is -2.55. The molecule has 14 nitrogen and oxygen atoms in total. The number of aromatic carboxylic acids is 1. The molecule has 0 bridgehead atoms. The van der Waals surface area contributed by atoms with Gasteiger partial charge < -0.3 is 9.84 Å². The molecule has 0 radical (unpaired) electrons. The largest absolute Gasteiger partial charge is 0.478 e. The number of carboxylic acids is 1. The summed E-state index contributed by atoms with van der Waals surface area (Å²) in [7, 11) is 0.970. The highest BCUT2D eigenvalue weighted by Gasteiger charge is 2.75. The Morgan fingerprint density at radius 3 is 1.49 bits per heavy atom. The summed E-state index contributed by atoms with van der Waals surface area (Å²) >= 11 is 0. The lowest BCUT2D eigenvalue weighted by atomic mass is 9.69. The maximum atomic E-state index is 15.7. The Labute approximate surface area is 445 Å². The minimum atomic E-state index is -6.37. The molecule has 11 rings (SSSR count). The SMILES string of the molecule is Cc1cc(C(=O)O)cc(N2C(=O)c3ccc(C(c4ccc5c(c4)C(=O)N(c4c(C)cc6c(c4C)N4C(=O)C7C=C(C(c8ccc9c(c8)C(=O)N(C)C9=O)(C(F)(F)F)C(F)(F)F)C=CC7=C4O6)C5=O)(C(F)(F)F)C(F)(F)F)cc3C2=O)c1. The van der Waals surface area contributed by atoms with E-state index in [1.54, 1.807) is 0 Å².